The molecule has 0 spiro atoms. The van der Waals surface area contributed by atoms with E-state index in [0.717, 1.165) is 42.4 Å². The molecule has 4 N–H and O–H groups in total. The third-order valence-electron chi connectivity index (χ3n) is 7.78. The highest BCUT2D eigenvalue weighted by Crippen LogP contribution is 2.55. The summed E-state index contributed by atoms with van der Waals surface area (Å²) in [4.78, 5) is 2.97. The van der Waals surface area contributed by atoms with Crippen LogP contribution in [0, 0.1) is 29.1 Å². The lowest BCUT2D eigenvalue weighted by molar-refractivity contribution is -0.122. The van der Waals surface area contributed by atoms with Crippen molar-refractivity contribution in [3.8, 4) is 0 Å². The van der Waals surface area contributed by atoms with E-state index in [4.69, 9.17) is 0 Å². The highest BCUT2D eigenvalue weighted by atomic mass is 15.4. The molecule has 5 fully saturated rings. The Kier molecular flexibility index (Phi) is 3.15. The number of nitrogens with zero attached hydrogens (tertiary/aromatic N) is 1. The van der Waals surface area contributed by atoms with Gasteiger partial charge in [0.15, 0.2) is 0 Å². The lowest BCUT2D eigenvalue weighted by atomic mass is 9.59. The maximum atomic E-state index is 3.84. The van der Waals surface area contributed by atoms with Gasteiger partial charge >= 0.3 is 0 Å². The van der Waals surface area contributed by atoms with Crippen LogP contribution in [0.15, 0.2) is 0 Å². The summed E-state index contributed by atoms with van der Waals surface area (Å²) in [6, 6.07) is 1.59. The van der Waals surface area contributed by atoms with Crippen LogP contribution in [-0.2, 0) is 0 Å². The molecule has 0 saturated carbocycles. The van der Waals surface area contributed by atoms with Crippen LogP contribution in [0.2, 0.25) is 0 Å². The van der Waals surface area contributed by atoms with Crippen LogP contribution in [0.5, 0.6) is 0 Å². The van der Waals surface area contributed by atoms with E-state index >= 15 is 0 Å². The monoisotopic (exact) mass is 305 g/mol. The Morgan fingerprint density at radius 1 is 0.909 bits per heavy atom. The number of hydrogen-bond acceptors (Lipinski definition) is 5. The minimum Gasteiger partial charge on any atom is -0.316 e. The quantitative estimate of drug-likeness (QED) is 0.491. The second-order valence-corrected chi connectivity index (χ2v) is 8.80. The molecule has 0 aromatic heterocycles. The molecule has 0 aliphatic carbocycles. The van der Waals surface area contributed by atoms with E-state index < -0.39 is 0 Å². The minimum absolute atomic E-state index is 0.402. The lowest BCUT2D eigenvalue weighted by Gasteiger charge is -2.61. The van der Waals surface area contributed by atoms with Crippen LogP contribution in [0.1, 0.15) is 20.3 Å². The van der Waals surface area contributed by atoms with Crippen LogP contribution < -0.4 is 21.3 Å². The smallest absolute Gasteiger partial charge is 0.0658 e. The minimum atomic E-state index is 0.402. The largest absolute Gasteiger partial charge is 0.316 e. The SMILES string of the molecule is CC1(C)C2CNCNC2N2C3CCNCC3C3CNCC1C32. The second kappa shape index (κ2) is 4.90. The Bertz CT molecular complexity index is 452. The van der Waals surface area contributed by atoms with Crippen LogP contribution in [-0.4, -0.2) is 62.5 Å². The van der Waals surface area contributed by atoms with Gasteiger partial charge in [-0.1, -0.05) is 13.8 Å². The molecule has 5 aliphatic rings. The van der Waals surface area contributed by atoms with Gasteiger partial charge in [-0.2, -0.15) is 0 Å². The Hall–Kier alpha value is -0.200. The topological polar surface area (TPSA) is 51.4 Å². The van der Waals surface area contributed by atoms with Crippen LogP contribution >= 0.6 is 0 Å². The second-order valence-electron chi connectivity index (χ2n) is 8.80. The van der Waals surface area contributed by atoms with Gasteiger partial charge in [-0.05, 0) is 55.8 Å². The molecule has 5 heteroatoms. The number of fused-ring (bicyclic) bond motifs is 5. The van der Waals surface area contributed by atoms with Crippen molar-refractivity contribution in [2.75, 3.05) is 39.4 Å². The number of hydrogen-bond donors (Lipinski definition) is 4. The Labute approximate surface area is 134 Å². The van der Waals surface area contributed by atoms with Crippen molar-refractivity contribution < 1.29 is 0 Å². The van der Waals surface area contributed by atoms with Gasteiger partial charge in [-0.15, -0.1) is 0 Å². The van der Waals surface area contributed by atoms with Gasteiger partial charge in [0.05, 0.1) is 6.17 Å². The van der Waals surface area contributed by atoms with Crippen molar-refractivity contribution in [1.82, 2.24) is 26.2 Å². The molecule has 0 aromatic rings. The fourth-order valence-corrected chi connectivity index (χ4v) is 6.69. The first kappa shape index (κ1) is 14.2. The van der Waals surface area contributed by atoms with Crippen molar-refractivity contribution in [1.29, 1.82) is 0 Å². The average molecular weight is 305 g/mol. The summed E-state index contributed by atoms with van der Waals surface area (Å²) >= 11 is 0. The zero-order chi connectivity index (χ0) is 14.9. The molecule has 5 nitrogen and oxygen atoms in total. The Morgan fingerprint density at radius 2 is 1.73 bits per heavy atom. The van der Waals surface area contributed by atoms with Crippen LogP contribution in [0.25, 0.3) is 0 Å². The van der Waals surface area contributed by atoms with E-state index in [1.54, 1.807) is 0 Å². The fourth-order valence-electron chi connectivity index (χ4n) is 6.69. The van der Waals surface area contributed by atoms with Crippen molar-refractivity contribution >= 4 is 0 Å². The lowest BCUT2D eigenvalue weighted by Crippen LogP contribution is -2.74. The zero-order valence-electron chi connectivity index (χ0n) is 13.9. The van der Waals surface area contributed by atoms with Crippen LogP contribution in [0.4, 0.5) is 0 Å². The van der Waals surface area contributed by atoms with Gasteiger partial charge < -0.3 is 16.0 Å². The highest BCUT2D eigenvalue weighted by Gasteiger charge is 2.63. The molecule has 22 heavy (non-hydrogen) atoms. The predicted octanol–water partition coefficient (Wildman–Crippen LogP) is -0.383. The van der Waals surface area contributed by atoms with E-state index in [2.05, 4.69) is 40.0 Å². The fraction of sp³-hybridized carbons (Fsp3) is 1.00. The molecular weight excluding hydrogens is 274 g/mol. The maximum Gasteiger partial charge on any atom is 0.0658 e. The predicted molar refractivity (Wildman–Crippen MR) is 87.3 cm³/mol. The first-order valence-electron chi connectivity index (χ1n) is 9.32. The van der Waals surface area contributed by atoms with E-state index in [1.807, 2.05) is 0 Å². The molecule has 0 radical (unpaired) electrons. The van der Waals surface area contributed by atoms with Gasteiger partial charge in [0.2, 0.25) is 0 Å². The summed E-state index contributed by atoms with van der Waals surface area (Å²) in [5, 5.41) is 14.9. The van der Waals surface area contributed by atoms with Crippen molar-refractivity contribution in [2.45, 2.75) is 38.5 Å². The maximum absolute atomic E-state index is 3.84. The number of piperidine rings is 3. The molecular formula is C17H31N5. The van der Waals surface area contributed by atoms with Crippen molar-refractivity contribution in [3.63, 3.8) is 0 Å². The van der Waals surface area contributed by atoms with Gasteiger partial charge in [0, 0.05) is 31.2 Å². The average Bonchev–Trinajstić information content (AvgIpc) is 2.88. The molecule has 5 aliphatic heterocycles. The number of rotatable bonds is 0. The first-order valence-corrected chi connectivity index (χ1v) is 9.32. The van der Waals surface area contributed by atoms with Gasteiger partial charge in [-0.25, -0.2) is 0 Å². The summed E-state index contributed by atoms with van der Waals surface area (Å²) in [5.41, 5.74) is 0.402. The standard InChI is InChI=1S/C17H31N5/c1-17(2)12-7-19-6-11-10-5-18-4-3-14(10)22(15(11)12)16-13(17)8-20-9-21-16/h10-16,18-21H,3-9H2,1-2H3. The zero-order valence-corrected chi connectivity index (χ0v) is 13.9. The summed E-state index contributed by atoms with van der Waals surface area (Å²) < 4.78 is 0. The van der Waals surface area contributed by atoms with E-state index in [1.165, 1.54) is 39.1 Å². The normalized spacial score (nSPS) is 53.5. The summed E-state index contributed by atoms with van der Waals surface area (Å²) in [5.74, 6) is 3.20. The number of nitrogens with one attached hydrogen (secondary N) is 4. The molecule has 7 unspecified atom stereocenters. The van der Waals surface area contributed by atoms with Gasteiger partial charge in [0.25, 0.3) is 0 Å². The molecule has 0 amide bonds. The Balaban J connectivity index is 1.59. The van der Waals surface area contributed by atoms with Crippen molar-refractivity contribution in [2.24, 2.45) is 29.1 Å². The van der Waals surface area contributed by atoms with Crippen LogP contribution in [0.3, 0.4) is 0 Å². The van der Waals surface area contributed by atoms with E-state index in [9.17, 15) is 0 Å². The summed E-state index contributed by atoms with van der Waals surface area (Å²) in [6.07, 6.45) is 1.93. The third kappa shape index (κ3) is 1.72. The molecule has 0 aromatic carbocycles. The molecule has 124 valence electrons. The highest BCUT2D eigenvalue weighted by molar-refractivity contribution is 5.16. The molecule has 7 atom stereocenters. The van der Waals surface area contributed by atoms with Gasteiger partial charge in [0.1, 0.15) is 0 Å². The third-order valence-corrected chi connectivity index (χ3v) is 7.78. The molecule has 0 bridgehead atoms. The summed E-state index contributed by atoms with van der Waals surface area (Å²) in [7, 11) is 0. The molecule has 5 saturated heterocycles. The van der Waals surface area contributed by atoms with E-state index in [-0.39, 0.29) is 0 Å². The summed E-state index contributed by atoms with van der Waals surface area (Å²) in [6.45, 7) is 12.1. The van der Waals surface area contributed by atoms with Crippen molar-refractivity contribution in [3.05, 3.63) is 0 Å². The first-order chi connectivity index (χ1) is 10.7. The van der Waals surface area contributed by atoms with E-state index in [0.29, 0.717) is 11.6 Å². The Morgan fingerprint density at radius 3 is 2.64 bits per heavy atom. The molecule has 5 heterocycles. The van der Waals surface area contributed by atoms with Gasteiger partial charge in [-0.3, -0.25) is 10.2 Å². The molecule has 5 rings (SSSR count).